The third-order valence-corrected chi connectivity index (χ3v) is 6.70. The van der Waals surface area contributed by atoms with E-state index < -0.39 is 17.1 Å². The number of halogens is 2. The Morgan fingerprint density at radius 3 is 2.75 bits per heavy atom. The predicted molar refractivity (Wildman–Crippen MR) is 122 cm³/mol. The van der Waals surface area contributed by atoms with E-state index in [0.717, 1.165) is 33.1 Å². The summed E-state index contributed by atoms with van der Waals surface area (Å²) >= 11 is 7.38. The van der Waals surface area contributed by atoms with E-state index in [0.29, 0.717) is 31.9 Å². The van der Waals surface area contributed by atoms with Gasteiger partial charge in [0.1, 0.15) is 4.70 Å². The smallest absolute Gasteiger partial charge is 0.333 e. The zero-order chi connectivity index (χ0) is 22.7. The standard InChI is InChI=1S/C21H15ClFN5O3S/c1-9-11-7-24-8-15(18(11)27(2)26-9)28-20(29)19-14(25-21(28)30)6-17(32-19)10-4-16(31-3)13(23)5-12(10)22/h4-8H,1-3H3,(H,25,30). The Labute approximate surface area is 188 Å². The summed E-state index contributed by atoms with van der Waals surface area (Å²) in [5.74, 6) is -0.567. The van der Waals surface area contributed by atoms with Crippen LogP contribution in [-0.2, 0) is 7.05 Å². The SMILES string of the molecule is COc1cc(-c2cc3[nH]c(=O)n(-c4cncc5c(C)nn(C)c45)c(=O)c3s2)c(Cl)cc1F. The van der Waals surface area contributed by atoms with E-state index in [-0.39, 0.29) is 10.8 Å². The molecule has 0 saturated carbocycles. The van der Waals surface area contributed by atoms with Gasteiger partial charge in [0, 0.05) is 29.1 Å². The lowest BCUT2D eigenvalue weighted by molar-refractivity contribution is 0.387. The van der Waals surface area contributed by atoms with Crippen LogP contribution in [0.4, 0.5) is 4.39 Å². The highest BCUT2D eigenvalue weighted by atomic mass is 35.5. The fourth-order valence-electron chi connectivity index (χ4n) is 3.77. The molecule has 5 rings (SSSR count). The Morgan fingerprint density at radius 1 is 1.22 bits per heavy atom. The maximum Gasteiger partial charge on any atom is 0.333 e. The van der Waals surface area contributed by atoms with Gasteiger partial charge in [-0.25, -0.2) is 13.8 Å². The topological polar surface area (TPSA) is 94.8 Å². The van der Waals surface area contributed by atoms with Gasteiger partial charge in [-0.2, -0.15) is 5.10 Å². The van der Waals surface area contributed by atoms with E-state index in [9.17, 15) is 14.0 Å². The van der Waals surface area contributed by atoms with Crippen molar-refractivity contribution in [2.24, 2.45) is 7.05 Å². The van der Waals surface area contributed by atoms with Crippen LogP contribution in [0, 0.1) is 12.7 Å². The molecule has 8 nitrogen and oxygen atoms in total. The molecule has 5 aromatic rings. The molecule has 0 atom stereocenters. The summed E-state index contributed by atoms with van der Waals surface area (Å²) in [5.41, 5.74) is 1.42. The van der Waals surface area contributed by atoms with E-state index >= 15 is 0 Å². The van der Waals surface area contributed by atoms with Gasteiger partial charge in [0.25, 0.3) is 5.56 Å². The number of benzene rings is 1. The number of aromatic amines is 1. The second-order valence-corrected chi connectivity index (χ2v) is 8.61. The van der Waals surface area contributed by atoms with Crippen LogP contribution >= 0.6 is 22.9 Å². The number of aromatic nitrogens is 5. The number of fused-ring (bicyclic) bond motifs is 2. The minimum Gasteiger partial charge on any atom is -0.494 e. The summed E-state index contributed by atoms with van der Waals surface area (Å²) in [6.07, 6.45) is 3.11. The van der Waals surface area contributed by atoms with Crippen molar-refractivity contribution in [2.75, 3.05) is 7.11 Å². The van der Waals surface area contributed by atoms with Crippen LogP contribution < -0.4 is 16.0 Å². The third-order valence-electron chi connectivity index (χ3n) is 5.23. The average molecular weight is 472 g/mol. The highest BCUT2D eigenvalue weighted by Crippen LogP contribution is 2.38. The predicted octanol–water partition coefficient (Wildman–Crippen LogP) is 3.80. The fourth-order valence-corrected chi connectivity index (χ4v) is 5.16. The van der Waals surface area contributed by atoms with Crippen molar-refractivity contribution >= 4 is 44.1 Å². The number of nitrogens with zero attached hydrogens (tertiary/aromatic N) is 4. The molecule has 0 aliphatic rings. The quantitative estimate of drug-likeness (QED) is 0.432. The summed E-state index contributed by atoms with van der Waals surface area (Å²) in [7, 11) is 3.09. The van der Waals surface area contributed by atoms with Gasteiger partial charge in [0.05, 0.1) is 40.7 Å². The van der Waals surface area contributed by atoms with Crippen molar-refractivity contribution in [1.82, 2.24) is 24.3 Å². The number of ether oxygens (including phenoxy) is 1. The van der Waals surface area contributed by atoms with Crippen molar-refractivity contribution in [1.29, 1.82) is 0 Å². The maximum absolute atomic E-state index is 14.0. The van der Waals surface area contributed by atoms with Gasteiger partial charge in [-0.15, -0.1) is 11.3 Å². The van der Waals surface area contributed by atoms with E-state index in [4.69, 9.17) is 16.3 Å². The number of nitrogens with one attached hydrogen (secondary N) is 1. The van der Waals surface area contributed by atoms with Crippen molar-refractivity contribution in [3.63, 3.8) is 0 Å². The molecule has 0 radical (unpaired) electrons. The summed E-state index contributed by atoms with van der Waals surface area (Å²) in [6, 6.07) is 4.25. The van der Waals surface area contributed by atoms with E-state index in [1.807, 2.05) is 6.92 Å². The molecule has 0 spiro atoms. The Balaban J connectivity index is 1.78. The lowest BCUT2D eigenvalue weighted by Gasteiger charge is -2.07. The minimum absolute atomic E-state index is 0.0251. The Morgan fingerprint density at radius 2 is 2.00 bits per heavy atom. The molecule has 0 aliphatic heterocycles. The second kappa shape index (κ2) is 7.28. The Hall–Kier alpha value is -3.50. The van der Waals surface area contributed by atoms with Crippen molar-refractivity contribution < 1.29 is 9.13 Å². The van der Waals surface area contributed by atoms with Gasteiger partial charge in [0.15, 0.2) is 11.6 Å². The molecule has 0 amide bonds. The zero-order valence-electron chi connectivity index (χ0n) is 17.1. The molecule has 32 heavy (non-hydrogen) atoms. The first-order valence-corrected chi connectivity index (χ1v) is 10.6. The Kier molecular flexibility index (Phi) is 4.64. The summed E-state index contributed by atoms with van der Waals surface area (Å²) in [5, 5.41) is 5.28. The molecule has 1 N–H and O–H groups in total. The van der Waals surface area contributed by atoms with Crippen LogP contribution in [0.15, 0.2) is 40.2 Å². The number of aryl methyl sites for hydroxylation is 2. The van der Waals surface area contributed by atoms with Crippen LogP contribution in [0.5, 0.6) is 5.75 Å². The molecule has 0 unspecified atom stereocenters. The first kappa shape index (κ1) is 20.4. The second-order valence-electron chi connectivity index (χ2n) is 7.15. The molecular weight excluding hydrogens is 457 g/mol. The van der Waals surface area contributed by atoms with Crippen LogP contribution in [0.1, 0.15) is 5.69 Å². The first-order valence-electron chi connectivity index (χ1n) is 9.40. The van der Waals surface area contributed by atoms with Gasteiger partial charge in [-0.1, -0.05) is 11.6 Å². The first-order chi connectivity index (χ1) is 15.3. The van der Waals surface area contributed by atoms with E-state index in [2.05, 4.69) is 15.1 Å². The third kappa shape index (κ3) is 2.94. The fraction of sp³-hybridized carbons (Fsp3) is 0.143. The van der Waals surface area contributed by atoms with Crippen LogP contribution in [0.25, 0.3) is 37.2 Å². The van der Waals surface area contributed by atoms with Crippen LogP contribution in [-0.4, -0.2) is 31.4 Å². The number of hydrogen-bond donors (Lipinski definition) is 1. The van der Waals surface area contributed by atoms with Gasteiger partial charge >= 0.3 is 5.69 Å². The number of methoxy groups -OCH3 is 1. The van der Waals surface area contributed by atoms with E-state index in [1.54, 1.807) is 24.0 Å². The largest absolute Gasteiger partial charge is 0.494 e. The summed E-state index contributed by atoms with van der Waals surface area (Å²) < 4.78 is 22.0. The summed E-state index contributed by atoms with van der Waals surface area (Å²) in [6.45, 7) is 1.83. The molecule has 0 bridgehead atoms. The van der Waals surface area contributed by atoms with Gasteiger partial charge in [-0.3, -0.25) is 14.5 Å². The Bertz CT molecular complexity index is 1670. The average Bonchev–Trinajstić information content (AvgIpc) is 3.29. The molecule has 4 heterocycles. The van der Waals surface area contributed by atoms with Crippen molar-refractivity contribution in [2.45, 2.75) is 6.92 Å². The summed E-state index contributed by atoms with van der Waals surface area (Å²) in [4.78, 5) is 33.9. The molecule has 0 fully saturated rings. The number of pyridine rings is 1. The van der Waals surface area contributed by atoms with Crippen LogP contribution in [0.2, 0.25) is 5.02 Å². The molecule has 0 aliphatic carbocycles. The van der Waals surface area contributed by atoms with E-state index in [1.165, 1.54) is 19.4 Å². The number of H-pyrrole nitrogens is 1. The lowest BCUT2D eigenvalue weighted by Crippen LogP contribution is -2.33. The normalized spacial score (nSPS) is 11.5. The molecule has 1 aromatic carbocycles. The lowest BCUT2D eigenvalue weighted by atomic mass is 10.1. The van der Waals surface area contributed by atoms with Gasteiger partial charge in [0.2, 0.25) is 0 Å². The van der Waals surface area contributed by atoms with Crippen LogP contribution in [0.3, 0.4) is 0 Å². The number of hydrogen-bond acceptors (Lipinski definition) is 6. The van der Waals surface area contributed by atoms with Gasteiger partial charge in [-0.05, 0) is 25.1 Å². The monoisotopic (exact) mass is 471 g/mol. The molecular formula is C21H15ClFN5O3S. The number of rotatable bonds is 3. The molecule has 4 aromatic heterocycles. The molecule has 162 valence electrons. The van der Waals surface area contributed by atoms with Crippen molar-refractivity contribution in [3.05, 3.63) is 68.0 Å². The van der Waals surface area contributed by atoms with Crippen molar-refractivity contribution in [3.8, 4) is 21.9 Å². The number of thiophene rings is 1. The highest BCUT2D eigenvalue weighted by Gasteiger charge is 2.20. The highest BCUT2D eigenvalue weighted by molar-refractivity contribution is 7.22. The molecule has 0 saturated heterocycles. The minimum atomic E-state index is -0.609. The maximum atomic E-state index is 14.0. The zero-order valence-corrected chi connectivity index (χ0v) is 18.6. The van der Waals surface area contributed by atoms with Gasteiger partial charge < -0.3 is 9.72 Å². The molecule has 11 heteroatoms.